The molecule has 0 atom stereocenters. The van der Waals surface area contributed by atoms with E-state index in [9.17, 15) is 9.59 Å². The number of benzene rings is 1. The maximum Gasteiger partial charge on any atom is 0.304 e. The molecule has 0 radical (unpaired) electrons. The van der Waals surface area contributed by atoms with Crippen molar-refractivity contribution in [2.45, 2.75) is 19.9 Å². The molecule has 0 saturated heterocycles. The number of carbonyl (C=O) groups is 2. The van der Waals surface area contributed by atoms with Crippen LogP contribution in [0.15, 0.2) is 24.3 Å². The quantitative estimate of drug-likeness (QED) is 0.699. The molecule has 0 aliphatic carbocycles. The number of ether oxygens (including phenoxy) is 1. The van der Waals surface area contributed by atoms with Crippen LogP contribution in [-0.4, -0.2) is 41.6 Å². The van der Waals surface area contributed by atoms with E-state index in [0.29, 0.717) is 18.8 Å². The van der Waals surface area contributed by atoms with Gasteiger partial charge in [0.1, 0.15) is 5.75 Å². The van der Waals surface area contributed by atoms with Crippen molar-refractivity contribution in [3.63, 3.8) is 0 Å². The number of hydrogen-bond acceptors (Lipinski definition) is 4. The van der Waals surface area contributed by atoms with Crippen LogP contribution in [0.2, 0.25) is 0 Å². The number of nitrogens with zero attached hydrogens (tertiary/aromatic N) is 1. The zero-order valence-electron chi connectivity index (χ0n) is 11.5. The van der Waals surface area contributed by atoms with Gasteiger partial charge in [0, 0.05) is 13.1 Å². The fourth-order valence-electron chi connectivity index (χ4n) is 1.71. The Morgan fingerprint density at radius 2 is 1.95 bits per heavy atom. The molecule has 1 aromatic carbocycles. The molecule has 1 aromatic rings. The lowest BCUT2D eigenvalue weighted by Gasteiger charge is -2.19. The summed E-state index contributed by atoms with van der Waals surface area (Å²) in [5, 5.41) is 8.68. The standard InChI is InChI=1S/C14H20N2O4/c1-2-16(8-7-14(18)19)9-11-3-5-12(6-4-11)20-10-13(15)17/h3-6H,2,7-10H2,1H3,(H2,15,17)(H,18,19). The molecule has 20 heavy (non-hydrogen) atoms. The maximum absolute atomic E-state index is 10.6. The average molecular weight is 280 g/mol. The van der Waals surface area contributed by atoms with Gasteiger partial charge >= 0.3 is 5.97 Å². The maximum atomic E-state index is 10.6. The van der Waals surface area contributed by atoms with Gasteiger partial charge in [0.05, 0.1) is 6.42 Å². The number of nitrogens with two attached hydrogens (primary N) is 1. The first-order valence-electron chi connectivity index (χ1n) is 6.45. The third-order valence-electron chi connectivity index (χ3n) is 2.80. The van der Waals surface area contributed by atoms with Crippen molar-refractivity contribution >= 4 is 11.9 Å². The van der Waals surface area contributed by atoms with Crippen LogP contribution in [0.5, 0.6) is 5.75 Å². The lowest BCUT2D eigenvalue weighted by molar-refractivity contribution is -0.137. The highest BCUT2D eigenvalue weighted by atomic mass is 16.5. The number of carboxylic acid groups (broad SMARTS) is 1. The second kappa shape index (κ2) is 8.16. The van der Waals surface area contributed by atoms with Crippen LogP contribution in [0, 0.1) is 0 Å². The van der Waals surface area contributed by atoms with Gasteiger partial charge in [-0.15, -0.1) is 0 Å². The van der Waals surface area contributed by atoms with Crippen LogP contribution < -0.4 is 10.5 Å². The topological polar surface area (TPSA) is 92.9 Å². The minimum Gasteiger partial charge on any atom is -0.484 e. The zero-order chi connectivity index (χ0) is 15.0. The molecule has 1 amide bonds. The van der Waals surface area contributed by atoms with E-state index in [-0.39, 0.29) is 13.0 Å². The first-order valence-corrected chi connectivity index (χ1v) is 6.45. The van der Waals surface area contributed by atoms with Crippen molar-refractivity contribution in [2.75, 3.05) is 19.7 Å². The molecule has 0 aliphatic heterocycles. The van der Waals surface area contributed by atoms with Crippen LogP contribution in [0.25, 0.3) is 0 Å². The Morgan fingerprint density at radius 1 is 1.30 bits per heavy atom. The number of amides is 1. The molecule has 0 unspecified atom stereocenters. The monoisotopic (exact) mass is 280 g/mol. The van der Waals surface area contributed by atoms with E-state index in [1.807, 2.05) is 24.0 Å². The number of primary amides is 1. The Balaban J connectivity index is 2.50. The third kappa shape index (κ3) is 6.19. The van der Waals surface area contributed by atoms with E-state index in [4.69, 9.17) is 15.6 Å². The highest BCUT2D eigenvalue weighted by Crippen LogP contribution is 2.13. The molecule has 0 spiro atoms. The minimum absolute atomic E-state index is 0.133. The first kappa shape index (κ1) is 16.0. The van der Waals surface area contributed by atoms with Gasteiger partial charge in [-0.2, -0.15) is 0 Å². The van der Waals surface area contributed by atoms with E-state index in [0.717, 1.165) is 12.1 Å². The summed E-state index contributed by atoms with van der Waals surface area (Å²) in [6, 6.07) is 7.31. The lowest BCUT2D eigenvalue weighted by atomic mass is 10.2. The average Bonchev–Trinajstić information content (AvgIpc) is 2.42. The summed E-state index contributed by atoms with van der Waals surface area (Å²) in [4.78, 5) is 23.2. The van der Waals surface area contributed by atoms with Crippen LogP contribution in [0.1, 0.15) is 18.9 Å². The summed E-state index contributed by atoms with van der Waals surface area (Å²) >= 11 is 0. The predicted molar refractivity (Wildman–Crippen MR) is 74.3 cm³/mol. The summed E-state index contributed by atoms with van der Waals surface area (Å²) in [5.41, 5.74) is 6.05. The predicted octanol–water partition coefficient (Wildman–Crippen LogP) is 0.847. The van der Waals surface area contributed by atoms with Crippen molar-refractivity contribution < 1.29 is 19.4 Å². The molecule has 0 bridgehead atoms. The normalized spacial score (nSPS) is 10.5. The Labute approximate surface area is 118 Å². The fourth-order valence-corrected chi connectivity index (χ4v) is 1.71. The van der Waals surface area contributed by atoms with E-state index >= 15 is 0 Å². The van der Waals surface area contributed by atoms with Crippen LogP contribution in [0.4, 0.5) is 0 Å². The molecule has 1 rings (SSSR count). The highest BCUT2D eigenvalue weighted by Gasteiger charge is 2.06. The summed E-state index contributed by atoms with van der Waals surface area (Å²) in [7, 11) is 0. The molecule has 0 aromatic heterocycles. The fraction of sp³-hybridized carbons (Fsp3) is 0.429. The number of aliphatic carboxylic acids is 1. The van der Waals surface area contributed by atoms with Crippen LogP contribution in [-0.2, 0) is 16.1 Å². The summed E-state index contributed by atoms with van der Waals surface area (Å²) in [6.45, 7) is 3.84. The van der Waals surface area contributed by atoms with Gasteiger partial charge in [0.2, 0.25) is 0 Å². The van der Waals surface area contributed by atoms with Gasteiger partial charge < -0.3 is 15.6 Å². The van der Waals surface area contributed by atoms with Crippen LogP contribution >= 0.6 is 0 Å². The molecule has 0 fully saturated rings. The Kier molecular flexibility index (Phi) is 6.52. The highest BCUT2D eigenvalue weighted by molar-refractivity contribution is 5.75. The smallest absolute Gasteiger partial charge is 0.304 e. The van der Waals surface area contributed by atoms with Gasteiger partial charge in [-0.1, -0.05) is 19.1 Å². The van der Waals surface area contributed by atoms with Crippen molar-refractivity contribution in [3.05, 3.63) is 29.8 Å². The van der Waals surface area contributed by atoms with E-state index < -0.39 is 11.9 Å². The molecular weight excluding hydrogens is 260 g/mol. The number of carboxylic acids is 1. The minimum atomic E-state index is -0.793. The van der Waals surface area contributed by atoms with Gasteiger partial charge in [0.25, 0.3) is 5.91 Å². The molecule has 0 heterocycles. The van der Waals surface area contributed by atoms with Crippen molar-refractivity contribution in [1.29, 1.82) is 0 Å². The number of carbonyl (C=O) groups excluding carboxylic acids is 1. The summed E-state index contributed by atoms with van der Waals surface area (Å²) in [5.74, 6) is -0.723. The first-order chi connectivity index (χ1) is 9.51. The van der Waals surface area contributed by atoms with Crippen molar-refractivity contribution in [2.24, 2.45) is 5.73 Å². The van der Waals surface area contributed by atoms with Gasteiger partial charge in [-0.25, -0.2) is 0 Å². The second-order valence-electron chi connectivity index (χ2n) is 4.41. The zero-order valence-corrected chi connectivity index (χ0v) is 11.5. The molecule has 3 N–H and O–H groups in total. The molecule has 0 saturated carbocycles. The van der Waals surface area contributed by atoms with E-state index in [1.54, 1.807) is 12.1 Å². The van der Waals surface area contributed by atoms with Crippen molar-refractivity contribution in [1.82, 2.24) is 4.90 Å². The van der Waals surface area contributed by atoms with Crippen LogP contribution in [0.3, 0.4) is 0 Å². The molecule has 0 aliphatic rings. The molecule has 6 heteroatoms. The summed E-state index contributed by atoms with van der Waals surface area (Å²) in [6.07, 6.45) is 0.133. The molecular formula is C14H20N2O4. The SMILES string of the molecule is CCN(CCC(=O)O)Cc1ccc(OCC(N)=O)cc1. The van der Waals surface area contributed by atoms with Gasteiger partial charge in [0.15, 0.2) is 6.61 Å². The molecule has 110 valence electrons. The van der Waals surface area contributed by atoms with E-state index in [2.05, 4.69) is 0 Å². The Hall–Kier alpha value is -2.08. The van der Waals surface area contributed by atoms with Gasteiger partial charge in [-0.3, -0.25) is 14.5 Å². The van der Waals surface area contributed by atoms with Crippen molar-refractivity contribution in [3.8, 4) is 5.75 Å². The second-order valence-corrected chi connectivity index (χ2v) is 4.41. The molecule has 6 nitrogen and oxygen atoms in total. The largest absolute Gasteiger partial charge is 0.484 e. The van der Waals surface area contributed by atoms with E-state index in [1.165, 1.54) is 0 Å². The Bertz CT molecular complexity index is 445. The number of rotatable bonds is 9. The van der Waals surface area contributed by atoms with Gasteiger partial charge in [-0.05, 0) is 24.2 Å². The third-order valence-corrected chi connectivity index (χ3v) is 2.80. The Morgan fingerprint density at radius 3 is 2.45 bits per heavy atom. The number of hydrogen-bond donors (Lipinski definition) is 2. The lowest BCUT2D eigenvalue weighted by Crippen LogP contribution is -2.25. The summed E-state index contributed by atoms with van der Waals surface area (Å²) < 4.78 is 5.17.